The lowest BCUT2D eigenvalue weighted by molar-refractivity contribution is -0.127. The number of carbonyl (C=O) groups excluding carboxylic acids is 1. The molecule has 1 unspecified atom stereocenters. The van der Waals surface area contributed by atoms with Crippen molar-refractivity contribution in [3.05, 3.63) is 83.3 Å². The van der Waals surface area contributed by atoms with E-state index >= 15 is 0 Å². The lowest BCUT2D eigenvalue weighted by Crippen LogP contribution is -2.36. The minimum Gasteiger partial charge on any atom is -0.358 e. The number of nitrogens with one attached hydrogen (secondary N) is 1. The van der Waals surface area contributed by atoms with Gasteiger partial charge in [0.05, 0.1) is 18.0 Å². The molecule has 4 rings (SSSR count). The lowest BCUT2D eigenvalue weighted by Gasteiger charge is -2.25. The van der Waals surface area contributed by atoms with Crippen LogP contribution in [0, 0.1) is 0 Å². The van der Waals surface area contributed by atoms with Crippen molar-refractivity contribution in [1.29, 1.82) is 0 Å². The second-order valence-electron chi connectivity index (χ2n) is 6.79. The van der Waals surface area contributed by atoms with E-state index in [1.54, 1.807) is 0 Å². The fourth-order valence-corrected chi connectivity index (χ4v) is 3.58. The Labute approximate surface area is 154 Å². The fraction of sp³-hybridized carbons (Fsp3) is 0.273. The van der Waals surface area contributed by atoms with Gasteiger partial charge in [0.2, 0.25) is 0 Å². The van der Waals surface area contributed by atoms with E-state index in [0.717, 1.165) is 35.6 Å². The molecule has 0 spiro atoms. The zero-order chi connectivity index (χ0) is 17.9. The van der Waals surface area contributed by atoms with E-state index in [1.807, 2.05) is 41.3 Å². The normalized spacial score (nSPS) is 19.3. The van der Waals surface area contributed by atoms with Crippen LogP contribution in [0.3, 0.4) is 0 Å². The maximum Gasteiger partial charge on any atom is 0.251 e. The number of hydrogen-bond donors (Lipinski definition) is 1. The summed E-state index contributed by atoms with van der Waals surface area (Å²) in [6.45, 7) is 2.64. The van der Waals surface area contributed by atoms with Crippen LogP contribution < -0.4 is 5.32 Å². The maximum absolute atomic E-state index is 12.9. The summed E-state index contributed by atoms with van der Waals surface area (Å²) in [7, 11) is 0. The van der Waals surface area contributed by atoms with E-state index < -0.39 is 0 Å². The molecule has 0 radical (unpaired) electrons. The molecular formula is C22H23N3O. The predicted octanol–water partition coefficient (Wildman–Crippen LogP) is 3.50. The van der Waals surface area contributed by atoms with Crippen molar-refractivity contribution in [2.75, 3.05) is 6.54 Å². The third kappa shape index (κ3) is 3.15. The zero-order valence-corrected chi connectivity index (χ0v) is 15.0. The molecule has 0 saturated carbocycles. The van der Waals surface area contributed by atoms with Crippen LogP contribution in [0.4, 0.5) is 0 Å². The first kappa shape index (κ1) is 16.6. The van der Waals surface area contributed by atoms with E-state index in [-0.39, 0.29) is 11.9 Å². The monoisotopic (exact) mass is 345 g/mol. The van der Waals surface area contributed by atoms with Crippen LogP contribution in [0.2, 0.25) is 0 Å². The summed E-state index contributed by atoms with van der Waals surface area (Å²) in [5, 5.41) is 3.43. The third-order valence-electron chi connectivity index (χ3n) is 4.89. The molecule has 4 nitrogen and oxygen atoms in total. The van der Waals surface area contributed by atoms with Gasteiger partial charge in [0.15, 0.2) is 0 Å². The van der Waals surface area contributed by atoms with Crippen LogP contribution in [0.25, 0.3) is 0 Å². The number of carbonyl (C=O) groups is 1. The zero-order valence-electron chi connectivity index (χ0n) is 15.0. The van der Waals surface area contributed by atoms with Crippen LogP contribution in [-0.4, -0.2) is 29.1 Å². The van der Waals surface area contributed by atoms with Crippen LogP contribution in [0.5, 0.6) is 0 Å². The molecule has 2 aromatic carbocycles. The smallest absolute Gasteiger partial charge is 0.251 e. The number of aliphatic imine (C=N–C) groups is 1. The summed E-state index contributed by atoms with van der Waals surface area (Å²) in [5.41, 5.74) is 4.16. The second kappa shape index (κ2) is 7.16. The molecule has 1 fully saturated rings. The van der Waals surface area contributed by atoms with E-state index in [4.69, 9.17) is 4.99 Å². The Morgan fingerprint density at radius 2 is 1.77 bits per heavy atom. The van der Waals surface area contributed by atoms with E-state index in [1.165, 1.54) is 5.56 Å². The minimum absolute atomic E-state index is 0.133. The summed E-state index contributed by atoms with van der Waals surface area (Å²) in [6.07, 6.45) is 2.53. The highest BCUT2D eigenvalue weighted by atomic mass is 16.2. The molecule has 1 atom stereocenters. The number of nitrogens with zero attached hydrogens (tertiary/aromatic N) is 2. The molecule has 0 bridgehead atoms. The summed E-state index contributed by atoms with van der Waals surface area (Å²) in [6, 6.07) is 20.3. The van der Waals surface area contributed by atoms with Crippen molar-refractivity contribution < 1.29 is 4.79 Å². The molecule has 132 valence electrons. The summed E-state index contributed by atoms with van der Waals surface area (Å²) < 4.78 is 0. The Kier molecular flexibility index (Phi) is 4.57. The van der Waals surface area contributed by atoms with Gasteiger partial charge < -0.3 is 5.32 Å². The Balaban J connectivity index is 1.73. The fourth-order valence-electron chi connectivity index (χ4n) is 3.58. The largest absolute Gasteiger partial charge is 0.358 e. The molecule has 4 heteroatoms. The minimum atomic E-state index is -0.133. The standard InChI is InChI=1S/C22H23N3O/c1-2-9-18-22(26)25-15-20(17-12-7-4-8-13-17)23-19(21(25)24-18)14-16-10-5-3-6-11-16/h3-8,10-13,18,24H,2,9,14-15H2,1H3. The molecule has 1 amide bonds. The highest BCUT2D eigenvalue weighted by Gasteiger charge is 2.39. The lowest BCUT2D eigenvalue weighted by atomic mass is 10.1. The molecule has 0 aromatic heterocycles. The van der Waals surface area contributed by atoms with Crippen LogP contribution in [0.15, 0.2) is 77.2 Å². The molecular weight excluding hydrogens is 322 g/mol. The topological polar surface area (TPSA) is 44.7 Å². The molecule has 2 aliphatic heterocycles. The number of benzene rings is 2. The highest BCUT2D eigenvalue weighted by Crippen LogP contribution is 2.28. The average Bonchev–Trinajstić information content (AvgIpc) is 3.00. The third-order valence-corrected chi connectivity index (χ3v) is 4.89. The van der Waals surface area contributed by atoms with Crippen molar-refractivity contribution >= 4 is 11.6 Å². The Morgan fingerprint density at radius 3 is 2.46 bits per heavy atom. The van der Waals surface area contributed by atoms with Gasteiger partial charge in [-0.3, -0.25) is 14.7 Å². The predicted molar refractivity (Wildman–Crippen MR) is 104 cm³/mol. The number of fused-ring (bicyclic) bond motifs is 1. The first-order chi connectivity index (χ1) is 12.8. The molecule has 2 aliphatic rings. The number of hydrogen-bond acceptors (Lipinski definition) is 3. The van der Waals surface area contributed by atoms with E-state index in [9.17, 15) is 4.79 Å². The van der Waals surface area contributed by atoms with Gasteiger partial charge >= 0.3 is 0 Å². The van der Waals surface area contributed by atoms with Crippen LogP contribution >= 0.6 is 0 Å². The van der Waals surface area contributed by atoms with Gasteiger partial charge in [-0.1, -0.05) is 74.0 Å². The van der Waals surface area contributed by atoms with Gasteiger partial charge in [-0.05, 0) is 17.5 Å². The van der Waals surface area contributed by atoms with E-state index in [0.29, 0.717) is 13.0 Å². The van der Waals surface area contributed by atoms with Crippen molar-refractivity contribution in [2.45, 2.75) is 32.2 Å². The number of rotatable bonds is 5. The Hall–Kier alpha value is -2.88. The number of allylic oxidation sites excluding steroid dienone is 1. The number of amides is 1. The molecule has 1 N–H and O–H groups in total. The first-order valence-corrected chi connectivity index (χ1v) is 9.24. The Bertz CT molecular complexity index is 855. The first-order valence-electron chi connectivity index (χ1n) is 9.24. The van der Waals surface area contributed by atoms with E-state index in [2.05, 4.69) is 36.5 Å². The van der Waals surface area contributed by atoms with Gasteiger partial charge in [-0.2, -0.15) is 0 Å². The SMILES string of the molecule is CCCC1NC2=C(Cc3ccccc3)N=C(c3ccccc3)CN2C1=O. The summed E-state index contributed by atoms with van der Waals surface area (Å²) >= 11 is 0. The van der Waals surface area contributed by atoms with Crippen molar-refractivity contribution in [2.24, 2.45) is 4.99 Å². The van der Waals surface area contributed by atoms with Crippen molar-refractivity contribution in [3.63, 3.8) is 0 Å². The van der Waals surface area contributed by atoms with Gasteiger partial charge in [0.25, 0.3) is 5.91 Å². The van der Waals surface area contributed by atoms with Crippen LogP contribution in [-0.2, 0) is 11.2 Å². The van der Waals surface area contributed by atoms with Gasteiger partial charge in [-0.25, -0.2) is 0 Å². The summed E-state index contributed by atoms with van der Waals surface area (Å²) in [5.74, 6) is 1.05. The van der Waals surface area contributed by atoms with Crippen molar-refractivity contribution in [1.82, 2.24) is 10.2 Å². The average molecular weight is 345 g/mol. The molecule has 26 heavy (non-hydrogen) atoms. The molecule has 1 saturated heterocycles. The van der Waals surface area contributed by atoms with Gasteiger partial charge in [0, 0.05) is 6.42 Å². The van der Waals surface area contributed by atoms with Crippen molar-refractivity contribution in [3.8, 4) is 0 Å². The highest BCUT2D eigenvalue weighted by molar-refractivity contribution is 6.06. The van der Waals surface area contributed by atoms with Gasteiger partial charge in [-0.15, -0.1) is 0 Å². The quantitative estimate of drug-likeness (QED) is 0.901. The maximum atomic E-state index is 12.9. The molecule has 2 aromatic rings. The summed E-state index contributed by atoms with van der Waals surface area (Å²) in [4.78, 5) is 19.7. The second-order valence-corrected chi connectivity index (χ2v) is 6.79. The van der Waals surface area contributed by atoms with Gasteiger partial charge in [0.1, 0.15) is 11.9 Å². The Morgan fingerprint density at radius 1 is 1.08 bits per heavy atom. The molecule has 2 heterocycles. The molecule has 0 aliphatic carbocycles. The van der Waals surface area contributed by atoms with Crippen LogP contribution in [0.1, 0.15) is 30.9 Å².